The second-order valence-electron chi connectivity index (χ2n) is 3.86. The van der Waals surface area contributed by atoms with Crippen LogP contribution in [-0.2, 0) is 11.3 Å². The number of hydrogen-bond acceptors (Lipinski definition) is 4. The van der Waals surface area contributed by atoms with Crippen LogP contribution in [0.15, 0.2) is 39.3 Å². The van der Waals surface area contributed by atoms with E-state index in [0.29, 0.717) is 13.2 Å². The Morgan fingerprint density at radius 1 is 1.33 bits per heavy atom. The molecule has 18 heavy (non-hydrogen) atoms. The highest BCUT2D eigenvalue weighted by Crippen LogP contribution is 2.22. The lowest BCUT2D eigenvalue weighted by Gasteiger charge is -1.99. The van der Waals surface area contributed by atoms with E-state index in [0.717, 1.165) is 28.0 Å². The molecule has 0 saturated heterocycles. The average Bonchev–Trinajstić information content (AvgIpc) is 2.84. The molecule has 0 aliphatic heterocycles. The van der Waals surface area contributed by atoms with Gasteiger partial charge >= 0.3 is 0 Å². The molecule has 1 heterocycles. The zero-order valence-corrected chi connectivity index (χ0v) is 11.7. The number of benzene rings is 1. The Morgan fingerprint density at radius 2 is 2.11 bits per heavy atom. The highest BCUT2D eigenvalue weighted by atomic mass is 79.9. The van der Waals surface area contributed by atoms with Crippen LogP contribution in [-0.4, -0.2) is 25.4 Å². The zero-order valence-electron chi connectivity index (χ0n) is 10.1. The third-order valence-electron chi connectivity index (χ3n) is 2.48. The van der Waals surface area contributed by atoms with Gasteiger partial charge in [-0.3, -0.25) is 0 Å². The Kier molecular flexibility index (Phi) is 4.92. The van der Waals surface area contributed by atoms with Crippen LogP contribution in [0.25, 0.3) is 11.3 Å². The summed E-state index contributed by atoms with van der Waals surface area (Å²) in [7, 11) is 1.68. The number of halogens is 1. The predicted octanol–water partition coefficient (Wildman–Crippen LogP) is 2.84. The van der Waals surface area contributed by atoms with Crippen molar-refractivity contribution < 1.29 is 9.26 Å². The van der Waals surface area contributed by atoms with E-state index >= 15 is 0 Å². The second kappa shape index (κ2) is 6.68. The number of aromatic nitrogens is 1. The molecular weight excluding hydrogens is 296 g/mol. The van der Waals surface area contributed by atoms with Gasteiger partial charge in [-0.05, 0) is 12.1 Å². The summed E-state index contributed by atoms with van der Waals surface area (Å²) in [6.45, 7) is 2.18. The summed E-state index contributed by atoms with van der Waals surface area (Å²) in [5, 5.41) is 7.24. The number of hydrogen-bond donors (Lipinski definition) is 1. The van der Waals surface area contributed by atoms with Crippen molar-refractivity contribution in [1.29, 1.82) is 0 Å². The van der Waals surface area contributed by atoms with Crippen LogP contribution in [0.1, 0.15) is 5.69 Å². The molecule has 5 heteroatoms. The van der Waals surface area contributed by atoms with Crippen LogP contribution >= 0.6 is 15.9 Å². The van der Waals surface area contributed by atoms with Crippen LogP contribution in [0.3, 0.4) is 0 Å². The third-order valence-corrected chi connectivity index (χ3v) is 3.01. The van der Waals surface area contributed by atoms with Crippen molar-refractivity contribution in [2.45, 2.75) is 6.54 Å². The van der Waals surface area contributed by atoms with Crippen molar-refractivity contribution >= 4 is 15.9 Å². The van der Waals surface area contributed by atoms with E-state index in [2.05, 4.69) is 26.4 Å². The molecule has 0 aliphatic carbocycles. The molecule has 0 fully saturated rings. The summed E-state index contributed by atoms with van der Waals surface area (Å²) in [6.07, 6.45) is 0. The van der Waals surface area contributed by atoms with Gasteiger partial charge in [-0.2, -0.15) is 0 Å². The Hall–Kier alpha value is -1.17. The molecule has 1 aromatic carbocycles. The molecule has 2 aromatic rings. The first-order valence-corrected chi connectivity index (χ1v) is 6.50. The van der Waals surface area contributed by atoms with Crippen LogP contribution in [0.2, 0.25) is 0 Å². The van der Waals surface area contributed by atoms with Crippen molar-refractivity contribution in [3.8, 4) is 11.3 Å². The molecule has 1 aromatic heterocycles. The van der Waals surface area contributed by atoms with Gasteiger partial charge in [0.25, 0.3) is 0 Å². The van der Waals surface area contributed by atoms with Gasteiger partial charge in [0.05, 0.1) is 12.3 Å². The summed E-state index contributed by atoms with van der Waals surface area (Å²) in [5.74, 6) is 0.783. The Bertz CT molecular complexity index is 482. The number of nitrogens with one attached hydrogen (secondary N) is 1. The third kappa shape index (κ3) is 3.66. The molecule has 4 nitrogen and oxygen atoms in total. The number of rotatable bonds is 6. The van der Waals surface area contributed by atoms with E-state index in [1.165, 1.54) is 0 Å². The number of nitrogens with zero attached hydrogens (tertiary/aromatic N) is 1. The number of ether oxygens (including phenoxy) is 1. The normalized spacial score (nSPS) is 10.8. The van der Waals surface area contributed by atoms with Gasteiger partial charge in [-0.15, -0.1) is 0 Å². The van der Waals surface area contributed by atoms with Gasteiger partial charge in [-0.1, -0.05) is 33.2 Å². The minimum Gasteiger partial charge on any atom is -0.383 e. The van der Waals surface area contributed by atoms with E-state index in [9.17, 15) is 0 Å². The van der Waals surface area contributed by atoms with Gasteiger partial charge in [-0.25, -0.2) is 0 Å². The maximum Gasteiger partial charge on any atom is 0.167 e. The summed E-state index contributed by atoms with van der Waals surface area (Å²) in [5.41, 5.74) is 1.91. The van der Waals surface area contributed by atoms with Crippen molar-refractivity contribution in [3.05, 3.63) is 40.5 Å². The standard InChI is InChI=1S/C13H15BrN2O2/c1-17-7-6-15-9-12-8-13(18-16-12)10-2-4-11(14)5-3-10/h2-5,8,15H,6-7,9H2,1H3. The largest absolute Gasteiger partial charge is 0.383 e. The van der Waals surface area contributed by atoms with E-state index in [1.807, 2.05) is 30.3 Å². The van der Waals surface area contributed by atoms with Gasteiger partial charge in [0.1, 0.15) is 0 Å². The molecule has 0 unspecified atom stereocenters. The summed E-state index contributed by atoms with van der Waals surface area (Å²) in [4.78, 5) is 0. The van der Waals surface area contributed by atoms with Gasteiger partial charge in [0.15, 0.2) is 5.76 Å². The molecule has 0 saturated carbocycles. The first-order valence-electron chi connectivity index (χ1n) is 5.71. The molecule has 0 amide bonds. The molecule has 96 valence electrons. The molecule has 0 radical (unpaired) electrons. The molecule has 0 aliphatic rings. The fourth-order valence-electron chi connectivity index (χ4n) is 1.54. The van der Waals surface area contributed by atoms with Gasteiger partial charge in [0, 0.05) is 36.3 Å². The van der Waals surface area contributed by atoms with Crippen molar-refractivity contribution in [2.75, 3.05) is 20.3 Å². The minimum absolute atomic E-state index is 0.684. The highest BCUT2D eigenvalue weighted by Gasteiger charge is 2.06. The van der Waals surface area contributed by atoms with Crippen LogP contribution in [0.5, 0.6) is 0 Å². The Morgan fingerprint density at radius 3 is 2.83 bits per heavy atom. The molecule has 0 atom stereocenters. The van der Waals surface area contributed by atoms with Gasteiger partial charge in [0.2, 0.25) is 0 Å². The number of methoxy groups -OCH3 is 1. The maximum absolute atomic E-state index is 5.31. The van der Waals surface area contributed by atoms with E-state index < -0.39 is 0 Å². The lowest BCUT2D eigenvalue weighted by molar-refractivity contribution is 0.199. The quantitative estimate of drug-likeness (QED) is 0.833. The first kappa shape index (κ1) is 13.3. The van der Waals surface area contributed by atoms with Gasteiger partial charge < -0.3 is 14.6 Å². The topological polar surface area (TPSA) is 47.3 Å². The average molecular weight is 311 g/mol. The summed E-state index contributed by atoms with van der Waals surface area (Å²) < 4.78 is 11.3. The molecule has 2 rings (SSSR count). The molecule has 1 N–H and O–H groups in total. The van der Waals surface area contributed by atoms with Crippen molar-refractivity contribution in [1.82, 2.24) is 10.5 Å². The lowest BCUT2D eigenvalue weighted by Crippen LogP contribution is -2.18. The fraction of sp³-hybridized carbons (Fsp3) is 0.308. The second-order valence-corrected chi connectivity index (χ2v) is 4.77. The van der Waals surface area contributed by atoms with Crippen LogP contribution in [0.4, 0.5) is 0 Å². The van der Waals surface area contributed by atoms with E-state index in [1.54, 1.807) is 7.11 Å². The molecule has 0 bridgehead atoms. The SMILES string of the molecule is COCCNCc1cc(-c2ccc(Br)cc2)on1. The Labute approximate surface area is 114 Å². The van der Waals surface area contributed by atoms with Crippen molar-refractivity contribution in [3.63, 3.8) is 0 Å². The molecular formula is C13H15BrN2O2. The highest BCUT2D eigenvalue weighted by molar-refractivity contribution is 9.10. The van der Waals surface area contributed by atoms with Crippen LogP contribution in [0, 0.1) is 0 Å². The molecule has 0 spiro atoms. The monoisotopic (exact) mass is 310 g/mol. The Balaban J connectivity index is 1.95. The smallest absolute Gasteiger partial charge is 0.167 e. The minimum atomic E-state index is 0.684. The summed E-state index contributed by atoms with van der Waals surface area (Å²) >= 11 is 3.40. The van der Waals surface area contributed by atoms with E-state index in [-0.39, 0.29) is 0 Å². The predicted molar refractivity (Wildman–Crippen MR) is 73.2 cm³/mol. The zero-order chi connectivity index (χ0) is 12.8. The fourth-order valence-corrected chi connectivity index (χ4v) is 1.80. The van der Waals surface area contributed by atoms with Crippen LogP contribution < -0.4 is 5.32 Å². The maximum atomic E-state index is 5.31. The lowest BCUT2D eigenvalue weighted by atomic mass is 10.2. The van der Waals surface area contributed by atoms with E-state index in [4.69, 9.17) is 9.26 Å². The summed E-state index contributed by atoms with van der Waals surface area (Å²) in [6, 6.07) is 9.89. The first-order chi connectivity index (χ1) is 8.79. The van der Waals surface area contributed by atoms with Crippen molar-refractivity contribution in [2.24, 2.45) is 0 Å².